The zero-order valence-electron chi connectivity index (χ0n) is 12.3. The van der Waals surface area contributed by atoms with Crippen LogP contribution in [-0.2, 0) is 9.53 Å². The van der Waals surface area contributed by atoms with Gasteiger partial charge in [0.2, 0.25) is 5.91 Å². The zero-order valence-corrected chi connectivity index (χ0v) is 12.3. The second-order valence-electron chi connectivity index (χ2n) is 4.72. The molecule has 1 heterocycles. The number of allylic oxidation sites excluding steroid dienone is 2. The van der Waals surface area contributed by atoms with Crippen molar-refractivity contribution in [2.45, 2.75) is 20.8 Å². The molecule has 0 aliphatic carbocycles. The third-order valence-corrected chi connectivity index (χ3v) is 3.38. The minimum absolute atomic E-state index is 0.0557. The highest BCUT2D eigenvalue weighted by Crippen LogP contribution is 2.27. The Labute approximate surface area is 118 Å². The van der Waals surface area contributed by atoms with Gasteiger partial charge in [0.15, 0.2) is 0 Å². The summed E-state index contributed by atoms with van der Waals surface area (Å²) in [5.74, 6) is 0.714. The van der Waals surface area contributed by atoms with Gasteiger partial charge < -0.3 is 9.15 Å². The van der Waals surface area contributed by atoms with Gasteiger partial charge in [-0.05, 0) is 26.0 Å². The van der Waals surface area contributed by atoms with Crippen LogP contribution < -0.4 is 0 Å². The van der Waals surface area contributed by atoms with Crippen LogP contribution in [0.25, 0.3) is 16.5 Å². The maximum Gasteiger partial charge on any atom is 0.225 e. The van der Waals surface area contributed by atoms with Gasteiger partial charge in [0.1, 0.15) is 18.1 Å². The molecule has 20 heavy (non-hydrogen) atoms. The number of carbonyl (C=O) groups is 1. The standard InChI is InChI=1S/C16H19NO3/c1-11(12(2)17(10-19-4)13(3)18)16-9-14-7-5-6-8-15(14)20-16/h5-9H,10H2,1-4H3/b12-11+. The summed E-state index contributed by atoms with van der Waals surface area (Å²) in [7, 11) is 1.57. The molecule has 106 valence electrons. The predicted molar refractivity (Wildman–Crippen MR) is 78.9 cm³/mol. The van der Waals surface area contributed by atoms with Crippen LogP contribution in [0.2, 0.25) is 0 Å². The first-order valence-corrected chi connectivity index (χ1v) is 6.48. The van der Waals surface area contributed by atoms with Crippen molar-refractivity contribution in [1.82, 2.24) is 4.90 Å². The third kappa shape index (κ3) is 2.75. The number of rotatable bonds is 4. The molecule has 0 spiro atoms. The van der Waals surface area contributed by atoms with Crippen LogP contribution in [0.3, 0.4) is 0 Å². The number of nitrogens with zero attached hydrogens (tertiary/aromatic N) is 1. The number of carbonyl (C=O) groups excluding carboxylic acids is 1. The van der Waals surface area contributed by atoms with Crippen LogP contribution in [0.1, 0.15) is 26.5 Å². The van der Waals surface area contributed by atoms with Crippen molar-refractivity contribution >= 4 is 22.4 Å². The van der Waals surface area contributed by atoms with Gasteiger partial charge in [0.25, 0.3) is 0 Å². The van der Waals surface area contributed by atoms with E-state index in [9.17, 15) is 4.79 Å². The molecular weight excluding hydrogens is 254 g/mol. The molecule has 4 nitrogen and oxygen atoms in total. The molecule has 0 aliphatic heterocycles. The number of para-hydroxylation sites is 1. The van der Waals surface area contributed by atoms with Crippen molar-refractivity contribution < 1.29 is 13.9 Å². The summed E-state index contributed by atoms with van der Waals surface area (Å²) in [6.07, 6.45) is 0. The third-order valence-electron chi connectivity index (χ3n) is 3.38. The number of hydrogen-bond donors (Lipinski definition) is 0. The molecule has 2 rings (SSSR count). The van der Waals surface area contributed by atoms with Crippen LogP contribution in [0.15, 0.2) is 40.4 Å². The second kappa shape index (κ2) is 5.92. The quantitative estimate of drug-likeness (QED) is 0.799. The first kappa shape index (κ1) is 14.3. The number of benzene rings is 1. The molecule has 4 heteroatoms. The average molecular weight is 273 g/mol. The molecule has 0 saturated heterocycles. The van der Waals surface area contributed by atoms with Crippen molar-refractivity contribution in [1.29, 1.82) is 0 Å². The topological polar surface area (TPSA) is 42.7 Å². The maximum atomic E-state index is 11.7. The Morgan fingerprint density at radius 1 is 1.25 bits per heavy atom. The van der Waals surface area contributed by atoms with E-state index in [-0.39, 0.29) is 12.6 Å². The van der Waals surface area contributed by atoms with E-state index >= 15 is 0 Å². The summed E-state index contributed by atoms with van der Waals surface area (Å²) in [6.45, 7) is 5.59. The Bertz CT molecular complexity index is 622. The molecule has 0 saturated carbocycles. The molecule has 0 unspecified atom stereocenters. The minimum atomic E-state index is -0.0557. The van der Waals surface area contributed by atoms with Gasteiger partial charge >= 0.3 is 0 Å². The van der Waals surface area contributed by atoms with E-state index in [1.807, 2.05) is 44.2 Å². The van der Waals surface area contributed by atoms with Crippen LogP contribution in [-0.4, -0.2) is 24.6 Å². The van der Waals surface area contributed by atoms with Crippen molar-refractivity contribution in [3.05, 3.63) is 41.8 Å². The fourth-order valence-electron chi connectivity index (χ4n) is 2.10. The highest BCUT2D eigenvalue weighted by Gasteiger charge is 2.15. The molecule has 0 aliphatic rings. The van der Waals surface area contributed by atoms with Crippen molar-refractivity contribution in [2.24, 2.45) is 0 Å². The van der Waals surface area contributed by atoms with E-state index in [1.54, 1.807) is 12.0 Å². The van der Waals surface area contributed by atoms with Crippen LogP contribution in [0, 0.1) is 0 Å². The fraction of sp³-hybridized carbons (Fsp3) is 0.312. The van der Waals surface area contributed by atoms with Gasteiger partial charge in [-0.3, -0.25) is 9.69 Å². The summed E-state index contributed by atoms with van der Waals surface area (Å²) in [5, 5.41) is 1.05. The number of methoxy groups -OCH3 is 1. The van der Waals surface area contributed by atoms with Gasteiger partial charge in [0, 0.05) is 30.7 Å². The van der Waals surface area contributed by atoms with Crippen LogP contribution in [0.4, 0.5) is 0 Å². The normalized spacial score (nSPS) is 12.4. The summed E-state index contributed by atoms with van der Waals surface area (Å²) in [6, 6.07) is 9.83. The number of fused-ring (bicyclic) bond motifs is 1. The van der Waals surface area contributed by atoms with E-state index in [4.69, 9.17) is 9.15 Å². The van der Waals surface area contributed by atoms with Crippen molar-refractivity contribution in [3.63, 3.8) is 0 Å². The van der Waals surface area contributed by atoms with E-state index in [0.717, 1.165) is 28.0 Å². The Hall–Kier alpha value is -2.07. The monoisotopic (exact) mass is 273 g/mol. The Morgan fingerprint density at radius 3 is 2.55 bits per heavy atom. The van der Waals surface area contributed by atoms with Crippen molar-refractivity contribution in [3.8, 4) is 0 Å². The maximum absolute atomic E-state index is 11.7. The molecule has 1 aromatic carbocycles. The molecule has 0 radical (unpaired) electrons. The van der Waals surface area contributed by atoms with Crippen molar-refractivity contribution in [2.75, 3.05) is 13.8 Å². The molecule has 0 fully saturated rings. The molecule has 1 aromatic heterocycles. The van der Waals surface area contributed by atoms with Gasteiger partial charge in [0.05, 0.1) is 0 Å². The van der Waals surface area contributed by atoms with E-state index in [0.29, 0.717) is 0 Å². The van der Waals surface area contributed by atoms with Gasteiger partial charge in [-0.25, -0.2) is 0 Å². The summed E-state index contributed by atoms with van der Waals surface area (Å²) < 4.78 is 10.9. The minimum Gasteiger partial charge on any atom is -0.456 e. The van der Waals surface area contributed by atoms with Crippen LogP contribution >= 0.6 is 0 Å². The first-order valence-electron chi connectivity index (χ1n) is 6.48. The lowest BCUT2D eigenvalue weighted by Crippen LogP contribution is -2.29. The lowest BCUT2D eigenvalue weighted by Gasteiger charge is -2.22. The molecule has 0 bridgehead atoms. The highest BCUT2D eigenvalue weighted by molar-refractivity contribution is 5.83. The molecule has 0 atom stereocenters. The predicted octanol–water partition coefficient (Wildman–Crippen LogP) is 3.64. The Morgan fingerprint density at radius 2 is 1.95 bits per heavy atom. The Kier molecular flexibility index (Phi) is 4.25. The lowest BCUT2D eigenvalue weighted by molar-refractivity contribution is -0.130. The zero-order chi connectivity index (χ0) is 14.7. The largest absolute Gasteiger partial charge is 0.456 e. The summed E-state index contributed by atoms with van der Waals surface area (Å²) in [5.41, 5.74) is 2.60. The number of amides is 1. The average Bonchev–Trinajstić information content (AvgIpc) is 2.86. The summed E-state index contributed by atoms with van der Waals surface area (Å²) >= 11 is 0. The fourth-order valence-corrected chi connectivity index (χ4v) is 2.10. The van der Waals surface area contributed by atoms with Gasteiger partial charge in [-0.1, -0.05) is 18.2 Å². The molecule has 2 aromatic rings. The SMILES string of the molecule is COCN(C(C)=O)/C(C)=C(\C)c1cc2ccccc2o1. The Balaban J connectivity index is 2.43. The van der Waals surface area contributed by atoms with Gasteiger partial charge in [-0.15, -0.1) is 0 Å². The van der Waals surface area contributed by atoms with Crippen LogP contribution in [0.5, 0.6) is 0 Å². The number of furan rings is 1. The number of ether oxygens (including phenoxy) is 1. The van der Waals surface area contributed by atoms with E-state index in [2.05, 4.69) is 0 Å². The second-order valence-corrected chi connectivity index (χ2v) is 4.72. The molecule has 1 amide bonds. The van der Waals surface area contributed by atoms with Gasteiger partial charge in [-0.2, -0.15) is 0 Å². The molecular formula is C16H19NO3. The summed E-state index contributed by atoms with van der Waals surface area (Å²) in [4.78, 5) is 13.3. The molecule has 0 N–H and O–H groups in total. The highest BCUT2D eigenvalue weighted by atomic mass is 16.5. The van der Waals surface area contributed by atoms with E-state index < -0.39 is 0 Å². The smallest absolute Gasteiger partial charge is 0.225 e. The first-order chi connectivity index (χ1) is 9.54. The number of hydrogen-bond acceptors (Lipinski definition) is 3. The lowest BCUT2D eigenvalue weighted by atomic mass is 10.1. The van der Waals surface area contributed by atoms with E-state index in [1.165, 1.54) is 6.92 Å².